The van der Waals surface area contributed by atoms with Crippen LogP contribution in [0.4, 0.5) is 0 Å². The predicted octanol–water partition coefficient (Wildman–Crippen LogP) is 1.93. The Morgan fingerprint density at radius 2 is 2.28 bits per heavy atom. The molecule has 1 atom stereocenters. The summed E-state index contributed by atoms with van der Waals surface area (Å²) in [6, 6.07) is 6.33. The summed E-state index contributed by atoms with van der Waals surface area (Å²) in [6.07, 6.45) is 1.27. The van der Waals surface area contributed by atoms with Crippen molar-refractivity contribution in [2.45, 2.75) is 43.3 Å². The third-order valence-electron chi connectivity index (χ3n) is 2.66. The third kappa shape index (κ3) is 4.86. The Labute approximate surface area is 120 Å². The van der Waals surface area contributed by atoms with Crippen molar-refractivity contribution in [2.24, 2.45) is 0 Å². The van der Waals surface area contributed by atoms with Gasteiger partial charge in [-0.3, -0.25) is 0 Å². The molecule has 1 saturated heterocycles. The van der Waals surface area contributed by atoms with Gasteiger partial charge >= 0.3 is 120 Å². The summed E-state index contributed by atoms with van der Waals surface area (Å²) in [6.45, 7) is 9.10. The average molecular weight is 354 g/mol. The number of rotatable bonds is 4. The number of hydrogen-bond acceptors (Lipinski definition) is 3. The molecule has 2 rings (SSSR count). The Morgan fingerprint density at radius 1 is 1.44 bits per heavy atom. The van der Waals surface area contributed by atoms with Crippen molar-refractivity contribution in [1.82, 2.24) is 4.98 Å². The number of nitrogens with zero attached hydrogens (tertiary/aromatic N) is 1. The Morgan fingerprint density at radius 3 is 2.94 bits per heavy atom. The van der Waals surface area contributed by atoms with Crippen LogP contribution < -0.4 is 3.71 Å². The fourth-order valence-corrected chi connectivity index (χ4v) is 5.14. The van der Waals surface area contributed by atoms with Gasteiger partial charge in [-0.05, 0) is 0 Å². The van der Waals surface area contributed by atoms with E-state index in [1.54, 1.807) is 0 Å². The molecular formula is C14H21NO2Sn. The second kappa shape index (κ2) is 6.35. The van der Waals surface area contributed by atoms with Gasteiger partial charge in [-0.2, -0.15) is 0 Å². The Hall–Kier alpha value is -0.131. The standard InChI is InChI=1S/C10H12NO2.C4H9.Sn/c1-2-5-11-9(3-1)7-13-10-4-6-12-8-10;1-4(2)3;/h1-3,10H,4,6-8H2;1-3H3;/t10-;;/m0../s1. The predicted molar refractivity (Wildman–Crippen MR) is 73.4 cm³/mol. The number of pyridine rings is 1. The van der Waals surface area contributed by atoms with Gasteiger partial charge in [-0.25, -0.2) is 0 Å². The van der Waals surface area contributed by atoms with Gasteiger partial charge in [0, 0.05) is 0 Å². The molecular weight excluding hydrogens is 333 g/mol. The van der Waals surface area contributed by atoms with E-state index in [9.17, 15) is 0 Å². The summed E-state index contributed by atoms with van der Waals surface area (Å²) in [4.78, 5) is 4.73. The fourth-order valence-electron chi connectivity index (χ4n) is 1.86. The van der Waals surface area contributed by atoms with Crippen LogP contribution >= 0.6 is 0 Å². The molecule has 1 aliphatic rings. The molecule has 0 unspecified atom stereocenters. The number of hydrogen-bond donors (Lipinski definition) is 0. The van der Waals surface area contributed by atoms with E-state index in [0.717, 1.165) is 25.3 Å². The van der Waals surface area contributed by atoms with E-state index in [0.29, 0.717) is 10.0 Å². The van der Waals surface area contributed by atoms with Gasteiger partial charge in [0.2, 0.25) is 0 Å². The zero-order valence-electron chi connectivity index (χ0n) is 11.4. The van der Waals surface area contributed by atoms with E-state index >= 15 is 0 Å². The van der Waals surface area contributed by atoms with Crippen LogP contribution in [0.15, 0.2) is 18.2 Å². The van der Waals surface area contributed by atoms with Crippen molar-refractivity contribution in [3.63, 3.8) is 0 Å². The zero-order chi connectivity index (χ0) is 13.0. The molecule has 2 heterocycles. The Balaban J connectivity index is 1.90. The van der Waals surface area contributed by atoms with Crippen LogP contribution in [0.2, 0.25) is 3.43 Å². The van der Waals surface area contributed by atoms with Crippen molar-refractivity contribution < 1.29 is 9.47 Å². The van der Waals surface area contributed by atoms with E-state index < -0.39 is 21.1 Å². The Kier molecular flexibility index (Phi) is 5.04. The molecule has 0 saturated carbocycles. The zero-order valence-corrected chi connectivity index (χ0v) is 14.3. The van der Waals surface area contributed by atoms with Crippen molar-refractivity contribution in [2.75, 3.05) is 13.2 Å². The SMILES string of the molecule is C[C](C)(C)[Sn][c]1cccc(CO[C@H]2CCOC2)n1. The summed E-state index contributed by atoms with van der Waals surface area (Å²) in [7, 11) is 0. The first-order valence-corrected chi connectivity index (χ1v) is 9.32. The minimum absolute atomic E-state index is 0.262. The molecule has 0 spiro atoms. The minimum atomic E-state index is -0.615. The first-order valence-electron chi connectivity index (χ1n) is 6.46. The van der Waals surface area contributed by atoms with E-state index in [2.05, 4.69) is 39.0 Å². The molecule has 0 N–H and O–H groups in total. The molecule has 1 fully saturated rings. The van der Waals surface area contributed by atoms with E-state index in [1.165, 1.54) is 3.71 Å². The van der Waals surface area contributed by atoms with Gasteiger partial charge in [0.05, 0.1) is 0 Å². The normalized spacial score (nSPS) is 20.3. The quantitative estimate of drug-likeness (QED) is 0.775. The van der Waals surface area contributed by atoms with Gasteiger partial charge < -0.3 is 0 Å². The summed E-state index contributed by atoms with van der Waals surface area (Å²) in [5, 5.41) is 0. The van der Waals surface area contributed by atoms with Gasteiger partial charge in [0.25, 0.3) is 0 Å². The van der Waals surface area contributed by atoms with Crippen LogP contribution in [0.1, 0.15) is 32.9 Å². The first-order chi connectivity index (χ1) is 8.53. The maximum absolute atomic E-state index is 5.81. The van der Waals surface area contributed by atoms with Gasteiger partial charge in [-0.1, -0.05) is 0 Å². The molecule has 18 heavy (non-hydrogen) atoms. The van der Waals surface area contributed by atoms with Crippen LogP contribution in [0.5, 0.6) is 0 Å². The van der Waals surface area contributed by atoms with Gasteiger partial charge in [-0.15, -0.1) is 0 Å². The summed E-state index contributed by atoms with van der Waals surface area (Å²) in [5.41, 5.74) is 1.06. The van der Waals surface area contributed by atoms with E-state index in [4.69, 9.17) is 14.5 Å². The average Bonchev–Trinajstić information content (AvgIpc) is 2.77. The number of ether oxygens (including phenoxy) is 2. The molecule has 0 aromatic carbocycles. The van der Waals surface area contributed by atoms with Crippen LogP contribution in [0, 0.1) is 0 Å². The van der Waals surface area contributed by atoms with Gasteiger partial charge in [0.1, 0.15) is 0 Å². The molecule has 4 heteroatoms. The molecule has 1 aromatic heterocycles. The molecule has 0 amide bonds. The topological polar surface area (TPSA) is 31.4 Å². The van der Waals surface area contributed by atoms with Crippen molar-refractivity contribution >= 4 is 24.9 Å². The van der Waals surface area contributed by atoms with Gasteiger partial charge in [0.15, 0.2) is 0 Å². The van der Waals surface area contributed by atoms with Crippen molar-refractivity contribution in [3.8, 4) is 0 Å². The second-order valence-electron chi connectivity index (χ2n) is 5.69. The second-order valence-corrected chi connectivity index (χ2v) is 12.1. The molecule has 0 aliphatic carbocycles. The fraction of sp³-hybridized carbons (Fsp3) is 0.643. The van der Waals surface area contributed by atoms with Crippen molar-refractivity contribution in [3.05, 3.63) is 23.9 Å². The summed E-state index contributed by atoms with van der Waals surface area (Å²) < 4.78 is 12.9. The van der Waals surface area contributed by atoms with Crippen LogP contribution in [-0.4, -0.2) is 45.4 Å². The first kappa shape index (κ1) is 14.3. The summed E-state index contributed by atoms with van der Waals surface area (Å²) in [5.74, 6) is 0. The molecule has 0 bridgehead atoms. The van der Waals surface area contributed by atoms with E-state index in [1.807, 2.05) is 0 Å². The molecule has 3 nitrogen and oxygen atoms in total. The van der Waals surface area contributed by atoms with Crippen molar-refractivity contribution in [1.29, 1.82) is 0 Å². The van der Waals surface area contributed by atoms with Crippen LogP contribution in [0.25, 0.3) is 0 Å². The molecule has 2 radical (unpaired) electrons. The molecule has 98 valence electrons. The maximum atomic E-state index is 5.81. The molecule has 1 aliphatic heterocycles. The van der Waals surface area contributed by atoms with Crippen LogP contribution in [-0.2, 0) is 16.1 Å². The monoisotopic (exact) mass is 355 g/mol. The third-order valence-corrected chi connectivity index (χ3v) is 6.33. The van der Waals surface area contributed by atoms with Crippen LogP contribution in [0.3, 0.4) is 0 Å². The number of aromatic nitrogens is 1. The Bertz CT molecular complexity index is 384. The van der Waals surface area contributed by atoms with E-state index in [-0.39, 0.29) is 6.10 Å². The summed E-state index contributed by atoms with van der Waals surface area (Å²) >= 11 is -0.615. The molecule has 1 aromatic rings.